The van der Waals surface area contributed by atoms with E-state index in [2.05, 4.69) is 10.1 Å². The van der Waals surface area contributed by atoms with Crippen LogP contribution < -0.4 is 0 Å². The largest absolute Gasteiger partial charge is 0.478 e. The Morgan fingerprint density at radius 1 is 1.18 bits per heavy atom. The van der Waals surface area contributed by atoms with E-state index in [0.717, 1.165) is 0 Å². The maximum absolute atomic E-state index is 13.9. The number of carboxylic acid groups (broad SMARTS) is 1. The van der Waals surface area contributed by atoms with E-state index < -0.39 is 11.8 Å². The molecule has 0 aliphatic heterocycles. The van der Waals surface area contributed by atoms with Crippen LogP contribution in [-0.2, 0) is 0 Å². The molecule has 7 heteroatoms. The number of nitrogens with zero attached hydrogens (tertiary/aromatic N) is 2. The van der Waals surface area contributed by atoms with E-state index in [4.69, 9.17) is 21.2 Å². The van der Waals surface area contributed by atoms with Crippen molar-refractivity contribution in [3.63, 3.8) is 0 Å². The topological polar surface area (TPSA) is 76.2 Å². The Kier molecular flexibility index (Phi) is 3.60. The summed E-state index contributed by atoms with van der Waals surface area (Å²) >= 11 is 5.95. The highest BCUT2D eigenvalue weighted by Gasteiger charge is 2.20. The van der Waals surface area contributed by atoms with Gasteiger partial charge < -0.3 is 9.63 Å². The third-order valence-corrected chi connectivity index (χ3v) is 3.32. The summed E-state index contributed by atoms with van der Waals surface area (Å²) in [5.41, 5.74) is 0.269. The number of rotatable bonds is 3. The molecule has 0 bridgehead atoms. The Morgan fingerprint density at radius 3 is 2.68 bits per heavy atom. The highest BCUT2D eigenvalue weighted by Crippen LogP contribution is 2.30. The molecule has 0 aliphatic carbocycles. The van der Waals surface area contributed by atoms with Gasteiger partial charge in [0, 0.05) is 0 Å². The fourth-order valence-corrected chi connectivity index (χ4v) is 2.25. The zero-order valence-corrected chi connectivity index (χ0v) is 11.7. The molecule has 0 fully saturated rings. The molecule has 110 valence electrons. The average molecular weight is 319 g/mol. The van der Waals surface area contributed by atoms with Crippen molar-refractivity contribution >= 4 is 17.6 Å². The first-order chi connectivity index (χ1) is 10.6. The van der Waals surface area contributed by atoms with E-state index in [1.54, 1.807) is 12.1 Å². The first-order valence-corrected chi connectivity index (χ1v) is 6.56. The summed E-state index contributed by atoms with van der Waals surface area (Å²) in [6.07, 6.45) is 0. The molecule has 5 nitrogen and oxygen atoms in total. The maximum atomic E-state index is 13.9. The van der Waals surface area contributed by atoms with Gasteiger partial charge in [-0.05, 0) is 24.3 Å². The standard InChI is InChI=1S/C15H8ClFN2O3/c16-10-6-3-7-11(17)12(10)13-18-14(22-19-13)8-4-1-2-5-9(8)15(20)21/h1-7H,(H,20,21). The monoisotopic (exact) mass is 318 g/mol. The Balaban J connectivity index is 2.11. The van der Waals surface area contributed by atoms with Gasteiger partial charge >= 0.3 is 5.97 Å². The van der Waals surface area contributed by atoms with Crippen LogP contribution in [0.3, 0.4) is 0 Å². The smallest absolute Gasteiger partial charge is 0.336 e. The van der Waals surface area contributed by atoms with E-state index in [-0.39, 0.29) is 33.4 Å². The molecular weight excluding hydrogens is 311 g/mol. The van der Waals surface area contributed by atoms with Crippen LogP contribution in [0.15, 0.2) is 47.0 Å². The number of aromatic carboxylic acids is 1. The lowest BCUT2D eigenvalue weighted by molar-refractivity contribution is 0.0697. The second-order valence-corrected chi connectivity index (χ2v) is 4.78. The molecule has 22 heavy (non-hydrogen) atoms. The summed E-state index contributed by atoms with van der Waals surface area (Å²) in [6, 6.07) is 10.4. The maximum Gasteiger partial charge on any atom is 0.336 e. The molecule has 0 saturated carbocycles. The average Bonchev–Trinajstić information content (AvgIpc) is 2.96. The number of hydrogen-bond donors (Lipinski definition) is 1. The normalized spacial score (nSPS) is 10.6. The van der Waals surface area contributed by atoms with Crippen LogP contribution in [0.25, 0.3) is 22.8 Å². The van der Waals surface area contributed by atoms with Gasteiger partial charge in [-0.1, -0.05) is 35.0 Å². The van der Waals surface area contributed by atoms with Crippen molar-refractivity contribution in [2.75, 3.05) is 0 Å². The molecule has 3 aromatic rings. The number of aromatic nitrogens is 2. The fraction of sp³-hybridized carbons (Fsp3) is 0. The molecule has 0 aliphatic rings. The highest BCUT2D eigenvalue weighted by atomic mass is 35.5. The van der Waals surface area contributed by atoms with Crippen molar-refractivity contribution < 1.29 is 18.8 Å². The molecule has 3 rings (SSSR count). The number of carboxylic acids is 1. The van der Waals surface area contributed by atoms with E-state index in [1.807, 2.05) is 0 Å². The van der Waals surface area contributed by atoms with E-state index in [0.29, 0.717) is 0 Å². The van der Waals surface area contributed by atoms with Crippen LogP contribution >= 0.6 is 11.6 Å². The molecule has 0 atom stereocenters. The quantitative estimate of drug-likeness (QED) is 0.792. The minimum atomic E-state index is -1.13. The number of benzene rings is 2. The third-order valence-electron chi connectivity index (χ3n) is 3.00. The van der Waals surface area contributed by atoms with E-state index in [9.17, 15) is 9.18 Å². The van der Waals surface area contributed by atoms with Gasteiger partial charge in [-0.2, -0.15) is 4.98 Å². The lowest BCUT2D eigenvalue weighted by atomic mass is 10.1. The lowest BCUT2D eigenvalue weighted by Gasteiger charge is -2.00. The zero-order chi connectivity index (χ0) is 15.7. The third kappa shape index (κ3) is 2.44. The summed E-state index contributed by atoms with van der Waals surface area (Å²) in [7, 11) is 0. The minimum absolute atomic E-state index is 0.00646. The van der Waals surface area contributed by atoms with Gasteiger partial charge in [0.15, 0.2) is 0 Å². The number of hydrogen-bond acceptors (Lipinski definition) is 4. The van der Waals surface area contributed by atoms with Crippen LogP contribution in [0.4, 0.5) is 4.39 Å². The molecule has 1 aromatic heterocycles. The Bertz CT molecular complexity index is 843. The molecule has 1 heterocycles. The van der Waals surface area contributed by atoms with Crippen LogP contribution in [0.2, 0.25) is 5.02 Å². The predicted molar refractivity (Wildman–Crippen MR) is 77.1 cm³/mol. The molecule has 0 spiro atoms. The molecular formula is C15H8ClFN2O3. The Labute approximate surface area is 129 Å². The van der Waals surface area contributed by atoms with Crippen LogP contribution in [0, 0.1) is 5.82 Å². The molecule has 0 unspecified atom stereocenters. The Hall–Kier alpha value is -2.73. The second-order valence-electron chi connectivity index (χ2n) is 4.37. The van der Waals surface area contributed by atoms with E-state index in [1.165, 1.54) is 30.3 Å². The molecule has 1 N–H and O–H groups in total. The van der Waals surface area contributed by atoms with Gasteiger partial charge in [-0.3, -0.25) is 0 Å². The zero-order valence-electron chi connectivity index (χ0n) is 11.0. The van der Waals surface area contributed by atoms with Crippen molar-refractivity contribution in [2.24, 2.45) is 0 Å². The van der Waals surface area contributed by atoms with Crippen LogP contribution in [0.5, 0.6) is 0 Å². The molecule has 2 aromatic carbocycles. The first-order valence-electron chi connectivity index (χ1n) is 6.18. The van der Waals surface area contributed by atoms with Gasteiger partial charge in [-0.15, -0.1) is 0 Å². The highest BCUT2D eigenvalue weighted by molar-refractivity contribution is 6.33. The van der Waals surface area contributed by atoms with Crippen molar-refractivity contribution in [2.45, 2.75) is 0 Å². The fourth-order valence-electron chi connectivity index (χ4n) is 2.00. The van der Waals surface area contributed by atoms with Crippen LogP contribution in [-0.4, -0.2) is 21.2 Å². The van der Waals surface area contributed by atoms with Gasteiger partial charge in [0.1, 0.15) is 5.82 Å². The van der Waals surface area contributed by atoms with Crippen molar-refractivity contribution in [3.05, 3.63) is 58.9 Å². The first kappa shape index (κ1) is 14.2. The molecule has 0 amide bonds. The summed E-state index contributed by atoms with van der Waals surface area (Å²) in [5.74, 6) is -1.78. The molecule has 0 radical (unpaired) electrons. The number of carbonyl (C=O) groups is 1. The van der Waals surface area contributed by atoms with E-state index >= 15 is 0 Å². The summed E-state index contributed by atoms with van der Waals surface area (Å²) in [5, 5.41) is 13.0. The van der Waals surface area contributed by atoms with Crippen LogP contribution in [0.1, 0.15) is 10.4 Å². The van der Waals surface area contributed by atoms with Gasteiger partial charge in [0.25, 0.3) is 5.89 Å². The lowest BCUT2D eigenvalue weighted by Crippen LogP contribution is -1.99. The SMILES string of the molecule is O=C(O)c1ccccc1-c1nc(-c2c(F)cccc2Cl)no1. The summed E-state index contributed by atoms with van der Waals surface area (Å²) in [4.78, 5) is 15.3. The van der Waals surface area contributed by atoms with Crippen molar-refractivity contribution in [1.82, 2.24) is 10.1 Å². The van der Waals surface area contributed by atoms with Gasteiger partial charge in [0.05, 0.1) is 21.7 Å². The molecule has 0 saturated heterocycles. The van der Waals surface area contributed by atoms with Gasteiger partial charge in [-0.25, -0.2) is 9.18 Å². The minimum Gasteiger partial charge on any atom is -0.478 e. The second kappa shape index (κ2) is 5.57. The summed E-state index contributed by atoms with van der Waals surface area (Å²) in [6.45, 7) is 0. The van der Waals surface area contributed by atoms with Gasteiger partial charge in [0.2, 0.25) is 5.82 Å². The Morgan fingerprint density at radius 2 is 1.95 bits per heavy atom. The van der Waals surface area contributed by atoms with Crippen molar-refractivity contribution in [1.29, 1.82) is 0 Å². The predicted octanol–water partition coefficient (Wildman–Crippen LogP) is 3.89. The summed E-state index contributed by atoms with van der Waals surface area (Å²) < 4.78 is 18.9. The number of halogens is 2. The van der Waals surface area contributed by atoms with Crippen molar-refractivity contribution in [3.8, 4) is 22.8 Å².